The third kappa shape index (κ3) is 18.1. The molecule has 18 heteroatoms. The quantitative estimate of drug-likeness (QED) is 0.0418. The highest BCUT2D eigenvalue weighted by Crippen LogP contribution is 2.06. The standard InChI is InChI=1S/C20H38N6O10S2/c21-11(19(33)34)7-37-9-15(29)24-4-3-23-14(28)2-1-13(27)17(31)18(32)26-6-5-25-16(30)10-38-8-12(22)20(35)36/h11-13,17-18,26-27,31-32H,1-10,21-22H2,(H,23,28)(H,24,29)(H,25,30)(H,33,34)(H,35,36)/t11?,12?,13-,17+,18?/m1/s1. The van der Waals surface area contributed by atoms with Gasteiger partial charge in [0.25, 0.3) is 0 Å². The molecule has 0 aromatic carbocycles. The predicted octanol–water partition coefficient (Wildman–Crippen LogP) is -4.96. The monoisotopic (exact) mass is 586 g/mol. The molecule has 0 aliphatic heterocycles. The van der Waals surface area contributed by atoms with Gasteiger partial charge in [-0.2, -0.15) is 0 Å². The normalized spacial score (nSPS) is 15.0. The lowest BCUT2D eigenvalue weighted by Gasteiger charge is -2.23. The summed E-state index contributed by atoms with van der Waals surface area (Å²) in [5.41, 5.74) is 10.7. The number of thioether (sulfide) groups is 2. The van der Waals surface area contributed by atoms with E-state index in [-0.39, 0.29) is 73.8 Å². The number of carboxylic acid groups (broad SMARTS) is 2. The Kier molecular flexibility index (Phi) is 19.5. The first-order valence-corrected chi connectivity index (χ1v) is 13.9. The zero-order chi connectivity index (χ0) is 29.1. The smallest absolute Gasteiger partial charge is 0.321 e. The summed E-state index contributed by atoms with van der Waals surface area (Å²) < 4.78 is 0. The lowest BCUT2D eigenvalue weighted by atomic mass is 10.1. The number of aliphatic carboxylic acids is 2. The van der Waals surface area contributed by atoms with Crippen molar-refractivity contribution in [2.45, 2.75) is 43.4 Å². The Morgan fingerprint density at radius 2 is 1.11 bits per heavy atom. The number of aliphatic hydroxyl groups is 3. The molecule has 38 heavy (non-hydrogen) atoms. The van der Waals surface area contributed by atoms with Crippen molar-refractivity contribution in [3.63, 3.8) is 0 Å². The van der Waals surface area contributed by atoms with E-state index in [4.69, 9.17) is 21.7 Å². The van der Waals surface area contributed by atoms with Crippen molar-refractivity contribution in [1.29, 1.82) is 0 Å². The molecule has 0 aliphatic carbocycles. The second-order valence-corrected chi connectivity index (χ2v) is 10.0. The molecule has 0 aliphatic rings. The van der Waals surface area contributed by atoms with Crippen LogP contribution in [0.4, 0.5) is 0 Å². The zero-order valence-corrected chi connectivity index (χ0v) is 22.3. The topological polar surface area (TPSA) is 287 Å². The van der Waals surface area contributed by atoms with Crippen molar-refractivity contribution in [3.8, 4) is 0 Å². The van der Waals surface area contributed by atoms with E-state index in [0.717, 1.165) is 23.5 Å². The van der Waals surface area contributed by atoms with Gasteiger partial charge in [0.1, 0.15) is 24.4 Å². The summed E-state index contributed by atoms with van der Waals surface area (Å²) >= 11 is 2.13. The highest BCUT2D eigenvalue weighted by Gasteiger charge is 2.24. The number of carboxylic acids is 2. The molecule has 13 N–H and O–H groups in total. The summed E-state index contributed by atoms with van der Waals surface area (Å²) in [6.45, 7) is 0.406. The fourth-order valence-corrected chi connectivity index (χ4v) is 4.10. The molecule has 0 fully saturated rings. The number of carbonyl (C=O) groups is 5. The number of hydrogen-bond acceptors (Lipinski definition) is 13. The number of hydrogen-bond donors (Lipinski definition) is 11. The van der Waals surface area contributed by atoms with Crippen LogP contribution in [0.25, 0.3) is 0 Å². The van der Waals surface area contributed by atoms with Gasteiger partial charge in [-0.05, 0) is 6.42 Å². The van der Waals surface area contributed by atoms with E-state index >= 15 is 0 Å². The van der Waals surface area contributed by atoms with Crippen LogP contribution in [-0.4, -0.2) is 135 Å². The average molecular weight is 587 g/mol. The Labute approximate surface area is 228 Å². The molecule has 220 valence electrons. The molecule has 0 aromatic rings. The maximum Gasteiger partial charge on any atom is 0.321 e. The summed E-state index contributed by atoms with van der Waals surface area (Å²) in [7, 11) is 0. The SMILES string of the molecule is NC(CSCC(=O)NCCNC(=O)CC[C@@H](O)[C@H](O)C(O)NCCNC(=O)CSCC(N)C(=O)O)C(=O)O. The second kappa shape index (κ2) is 20.7. The maximum atomic E-state index is 11.9. The fourth-order valence-electron chi connectivity index (χ4n) is 2.50. The lowest BCUT2D eigenvalue weighted by molar-refractivity contribution is -0.138. The molecule has 0 radical (unpaired) electrons. The van der Waals surface area contributed by atoms with Gasteiger partial charge in [0, 0.05) is 44.1 Å². The van der Waals surface area contributed by atoms with Crippen molar-refractivity contribution < 1.29 is 49.5 Å². The molecule has 0 aromatic heterocycles. The van der Waals surface area contributed by atoms with Crippen LogP contribution in [-0.2, 0) is 24.0 Å². The van der Waals surface area contributed by atoms with Crippen molar-refractivity contribution in [1.82, 2.24) is 21.3 Å². The van der Waals surface area contributed by atoms with Gasteiger partial charge in [0.15, 0.2) is 0 Å². The molecule has 0 saturated heterocycles. The van der Waals surface area contributed by atoms with Crippen molar-refractivity contribution in [2.75, 3.05) is 49.2 Å². The van der Waals surface area contributed by atoms with Crippen LogP contribution in [0.15, 0.2) is 0 Å². The number of carbonyl (C=O) groups excluding carboxylic acids is 3. The van der Waals surface area contributed by atoms with E-state index in [1.54, 1.807) is 0 Å². The first-order chi connectivity index (χ1) is 17.8. The summed E-state index contributed by atoms with van der Waals surface area (Å²) in [4.78, 5) is 56.4. The Morgan fingerprint density at radius 3 is 1.55 bits per heavy atom. The van der Waals surface area contributed by atoms with Crippen LogP contribution in [0.2, 0.25) is 0 Å². The summed E-state index contributed by atoms with van der Waals surface area (Å²) in [6, 6.07) is -2.12. The molecule has 0 rings (SSSR count). The number of nitrogens with two attached hydrogens (primary N) is 2. The van der Waals surface area contributed by atoms with Crippen molar-refractivity contribution in [2.24, 2.45) is 11.5 Å². The number of amides is 3. The Hall–Kier alpha value is -2.19. The van der Waals surface area contributed by atoms with Gasteiger partial charge in [-0.1, -0.05) is 0 Å². The summed E-state index contributed by atoms with van der Waals surface area (Å²) in [5.74, 6) is -3.29. The van der Waals surface area contributed by atoms with Crippen LogP contribution in [0.5, 0.6) is 0 Å². The van der Waals surface area contributed by atoms with Crippen molar-refractivity contribution >= 4 is 53.2 Å². The molecule has 0 bridgehead atoms. The summed E-state index contributed by atoms with van der Waals surface area (Å²) in [5, 5.41) is 57.4. The molecule has 16 nitrogen and oxygen atoms in total. The van der Waals surface area contributed by atoms with E-state index in [1.807, 2.05) is 0 Å². The molecule has 0 saturated carbocycles. The second-order valence-electron chi connectivity index (χ2n) is 7.97. The van der Waals surface area contributed by atoms with Crippen LogP contribution >= 0.6 is 23.5 Å². The molecular weight excluding hydrogens is 548 g/mol. The number of nitrogens with one attached hydrogen (secondary N) is 4. The van der Waals surface area contributed by atoms with Crippen LogP contribution < -0.4 is 32.7 Å². The van der Waals surface area contributed by atoms with Gasteiger partial charge < -0.3 is 53.0 Å². The van der Waals surface area contributed by atoms with Crippen molar-refractivity contribution in [3.05, 3.63) is 0 Å². The molecule has 5 atom stereocenters. The van der Waals surface area contributed by atoms with Gasteiger partial charge in [0.05, 0.1) is 17.6 Å². The van der Waals surface area contributed by atoms with E-state index < -0.39 is 48.4 Å². The minimum absolute atomic E-state index is 0.00213. The first kappa shape index (κ1) is 35.8. The van der Waals surface area contributed by atoms with E-state index in [0.29, 0.717) is 0 Å². The maximum absolute atomic E-state index is 11.9. The number of aliphatic hydroxyl groups excluding tert-OH is 3. The Balaban J connectivity index is 3.92. The molecule has 3 amide bonds. The van der Waals surface area contributed by atoms with Gasteiger partial charge >= 0.3 is 11.9 Å². The summed E-state index contributed by atoms with van der Waals surface area (Å²) in [6.07, 6.45) is -4.84. The minimum Gasteiger partial charge on any atom is -0.480 e. The van der Waals surface area contributed by atoms with E-state index in [2.05, 4.69) is 21.3 Å². The minimum atomic E-state index is -1.60. The molecular formula is C20H38N6O10S2. The van der Waals surface area contributed by atoms with E-state index in [9.17, 15) is 39.3 Å². The van der Waals surface area contributed by atoms with Crippen LogP contribution in [0.1, 0.15) is 12.8 Å². The average Bonchev–Trinajstić information content (AvgIpc) is 2.86. The number of rotatable bonds is 22. The fraction of sp³-hybridized carbons (Fsp3) is 0.750. The highest BCUT2D eigenvalue weighted by atomic mass is 32.2. The Bertz CT molecular complexity index is 766. The van der Waals surface area contributed by atoms with Gasteiger partial charge in [-0.15, -0.1) is 23.5 Å². The molecule has 0 spiro atoms. The van der Waals surface area contributed by atoms with E-state index in [1.165, 1.54) is 0 Å². The highest BCUT2D eigenvalue weighted by molar-refractivity contribution is 8.00. The van der Waals surface area contributed by atoms with Gasteiger partial charge in [-0.3, -0.25) is 29.3 Å². The lowest BCUT2D eigenvalue weighted by Crippen LogP contribution is -2.48. The third-order valence-corrected chi connectivity index (χ3v) is 6.77. The molecule has 3 unspecified atom stereocenters. The predicted molar refractivity (Wildman–Crippen MR) is 140 cm³/mol. The van der Waals surface area contributed by atoms with Gasteiger partial charge in [0.2, 0.25) is 17.7 Å². The first-order valence-electron chi connectivity index (χ1n) is 11.5. The molecule has 0 heterocycles. The van der Waals surface area contributed by atoms with Crippen LogP contribution in [0, 0.1) is 0 Å². The van der Waals surface area contributed by atoms with Gasteiger partial charge in [-0.25, -0.2) is 0 Å². The zero-order valence-electron chi connectivity index (χ0n) is 20.7. The third-order valence-electron chi connectivity index (χ3n) is 4.65. The van der Waals surface area contributed by atoms with Crippen LogP contribution in [0.3, 0.4) is 0 Å². The Morgan fingerprint density at radius 1 is 0.684 bits per heavy atom. The largest absolute Gasteiger partial charge is 0.480 e.